The van der Waals surface area contributed by atoms with Crippen LogP contribution in [0, 0.1) is 17.8 Å². The van der Waals surface area contributed by atoms with Gasteiger partial charge in [0.25, 0.3) is 10.0 Å². The smallest absolute Gasteiger partial charge is 0.263 e. The van der Waals surface area contributed by atoms with E-state index < -0.39 is 16.1 Å². The van der Waals surface area contributed by atoms with Crippen molar-refractivity contribution >= 4 is 21.8 Å². The van der Waals surface area contributed by atoms with Crippen LogP contribution in [0.25, 0.3) is 0 Å². The second-order valence-electron chi connectivity index (χ2n) is 10.2. The topological polar surface area (TPSA) is 82.1 Å². The molecule has 3 atom stereocenters. The normalized spacial score (nSPS) is 26.6. The summed E-state index contributed by atoms with van der Waals surface area (Å²) in [7, 11) is -3.62. The lowest BCUT2D eigenvalue weighted by Gasteiger charge is -2.39. The van der Waals surface area contributed by atoms with Crippen LogP contribution in [0.4, 0.5) is 0 Å². The van der Waals surface area contributed by atoms with Gasteiger partial charge >= 0.3 is 0 Å². The number of piperidine rings is 2. The number of hydrogen-bond acceptors (Lipinski definition) is 5. The molecule has 0 spiro atoms. The van der Waals surface area contributed by atoms with E-state index >= 15 is 0 Å². The van der Waals surface area contributed by atoms with Gasteiger partial charge in [0.05, 0.1) is 4.90 Å². The molecule has 1 aromatic carbocycles. The van der Waals surface area contributed by atoms with Crippen LogP contribution in [-0.2, 0) is 14.8 Å². The van der Waals surface area contributed by atoms with E-state index in [1.165, 1.54) is 12.8 Å². The van der Waals surface area contributed by atoms with Crippen LogP contribution in [0.1, 0.15) is 58.4 Å². The predicted molar refractivity (Wildman–Crippen MR) is 131 cm³/mol. The number of rotatable bonds is 6. The van der Waals surface area contributed by atoms with E-state index in [9.17, 15) is 13.2 Å². The van der Waals surface area contributed by atoms with Gasteiger partial charge in [0.2, 0.25) is 5.91 Å². The molecule has 0 radical (unpaired) electrons. The number of sulfonamides is 1. The quantitative estimate of drug-likeness (QED) is 0.687. The lowest BCUT2D eigenvalue weighted by Crippen LogP contribution is -2.49. The molecule has 4 rings (SSSR count). The van der Waals surface area contributed by atoms with Crippen LogP contribution in [0.15, 0.2) is 34.2 Å². The van der Waals surface area contributed by atoms with Crippen molar-refractivity contribution < 1.29 is 13.2 Å². The molecule has 3 aliphatic heterocycles. The number of hydrogen-bond donors (Lipinski definition) is 1. The van der Waals surface area contributed by atoms with Gasteiger partial charge in [-0.05, 0) is 68.7 Å². The van der Waals surface area contributed by atoms with Crippen LogP contribution in [0.2, 0.25) is 0 Å². The highest BCUT2D eigenvalue weighted by atomic mass is 32.2. The van der Waals surface area contributed by atoms with Gasteiger partial charge in [-0.2, -0.15) is 0 Å². The van der Waals surface area contributed by atoms with Crippen molar-refractivity contribution in [2.24, 2.45) is 22.7 Å². The zero-order valence-corrected chi connectivity index (χ0v) is 21.0. The SMILES string of the molecule is CC[C@H](C)[C@H](N=C1NS(=O)(=O)c2ccccc21)C(=O)N1CCCC(CN2CCC(C)CC2)C1. The van der Waals surface area contributed by atoms with Gasteiger partial charge in [0.15, 0.2) is 0 Å². The summed E-state index contributed by atoms with van der Waals surface area (Å²) in [6.07, 6.45) is 5.50. The third-order valence-electron chi connectivity index (χ3n) is 7.59. The van der Waals surface area contributed by atoms with Crippen LogP contribution < -0.4 is 4.72 Å². The van der Waals surface area contributed by atoms with Crippen molar-refractivity contribution in [1.82, 2.24) is 14.5 Å². The Kier molecular flexibility index (Phi) is 7.43. The number of nitrogens with one attached hydrogen (secondary N) is 1. The van der Waals surface area contributed by atoms with E-state index in [-0.39, 0.29) is 16.7 Å². The Morgan fingerprint density at radius 3 is 2.64 bits per heavy atom. The first kappa shape index (κ1) is 24.2. The van der Waals surface area contributed by atoms with E-state index in [4.69, 9.17) is 4.99 Å². The van der Waals surface area contributed by atoms with Crippen molar-refractivity contribution in [1.29, 1.82) is 0 Å². The highest BCUT2D eigenvalue weighted by Crippen LogP contribution is 2.27. The number of nitrogens with zero attached hydrogens (tertiary/aromatic N) is 3. The fourth-order valence-electron chi connectivity index (χ4n) is 5.23. The first-order chi connectivity index (χ1) is 15.8. The highest BCUT2D eigenvalue weighted by molar-refractivity contribution is 7.90. The van der Waals surface area contributed by atoms with Gasteiger partial charge < -0.3 is 9.80 Å². The molecule has 0 saturated carbocycles. The Hall–Kier alpha value is -1.93. The molecule has 8 heteroatoms. The maximum absolute atomic E-state index is 13.7. The molecule has 2 fully saturated rings. The largest absolute Gasteiger partial charge is 0.341 e. The number of carbonyl (C=O) groups excluding carboxylic acids is 1. The Labute approximate surface area is 198 Å². The number of amides is 1. The molecule has 0 aliphatic carbocycles. The van der Waals surface area contributed by atoms with Crippen molar-refractivity contribution in [3.8, 4) is 0 Å². The number of fused-ring (bicyclic) bond motifs is 1. The molecule has 1 amide bonds. The van der Waals surface area contributed by atoms with Crippen LogP contribution in [-0.4, -0.2) is 68.7 Å². The molecule has 3 aliphatic rings. The Balaban J connectivity index is 1.50. The average Bonchev–Trinajstić information content (AvgIpc) is 3.08. The number of amidine groups is 1. The summed E-state index contributed by atoms with van der Waals surface area (Å²) in [5.41, 5.74) is 0.550. The van der Waals surface area contributed by atoms with Crippen molar-refractivity contribution in [3.63, 3.8) is 0 Å². The molecule has 0 bridgehead atoms. The summed E-state index contributed by atoms with van der Waals surface area (Å²) < 4.78 is 27.6. The van der Waals surface area contributed by atoms with Gasteiger partial charge in [-0.3, -0.25) is 14.5 Å². The summed E-state index contributed by atoms with van der Waals surface area (Å²) in [6, 6.07) is 6.24. The van der Waals surface area contributed by atoms with Gasteiger partial charge in [0, 0.05) is 25.2 Å². The molecule has 1 N–H and O–H groups in total. The molecule has 1 unspecified atom stereocenters. The van der Waals surface area contributed by atoms with Crippen molar-refractivity contribution in [3.05, 3.63) is 29.8 Å². The first-order valence-electron chi connectivity index (χ1n) is 12.5. The number of likely N-dealkylation sites (tertiary alicyclic amines) is 2. The summed E-state index contributed by atoms with van der Waals surface area (Å²) in [5.74, 6) is 1.65. The Bertz CT molecular complexity index is 985. The van der Waals surface area contributed by atoms with Crippen LogP contribution in [0.5, 0.6) is 0 Å². The van der Waals surface area contributed by atoms with Gasteiger partial charge in [-0.15, -0.1) is 0 Å². The second-order valence-corrected chi connectivity index (χ2v) is 11.8. The second kappa shape index (κ2) is 10.1. The fourth-order valence-corrected chi connectivity index (χ4v) is 6.47. The molecular weight excluding hydrogens is 436 g/mol. The number of benzene rings is 1. The molecule has 3 heterocycles. The Morgan fingerprint density at radius 1 is 1.18 bits per heavy atom. The predicted octanol–water partition coefficient (Wildman–Crippen LogP) is 3.11. The lowest BCUT2D eigenvalue weighted by molar-refractivity contribution is -0.135. The number of aliphatic imine (C=N–C) groups is 1. The maximum atomic E-state index is 13.7. The molecule has 182 valence electrons. The van der Waals surface area contributed by atoms with E-state index in [1.54, 1.807) is 24.3 Å². The summed E-state index contributed by atoms with van der Waals surface area (Å²) in [6.45, 7) is 11.3. The lowest BCUT2D eigenvalue weighted by atomic mass is 9.92. The standard InChI is InChI=1S/C25H38N4O3S/c1-4-19(3)23(26-24-21-9-5-6-10-22(21)33(31,32)27-24)25(30)29-13-7-8-20(17-29)16-28-14-11-18(2)12-15-28/h5-6,9-10,18-20,23H,4,7-8,11-17H2,1-3H3,(H,26,27)/t19-,20?,23-/m0/s1. The Morgan fingerprint density at radius 2 is 1.91 bits per heavy atom. The molecule has 7 nitrogen and oxygen atoms in total. The highest BCUT2D eigenvalue weighted by Gasteiger charge is 2.36. The zero-order valence-electron chi connectivity index (χ0n) is 20.2. The van der Waals surface area contributed by atoms with Crippen molar-refractivity contribution in [2.45, 2.75) is 63.8 Å². The van der Waals surface area contributed by atoms with Crippen LogP contribution in [0.3, 0.4) is 0 Å². The van der Waals surface area contributed by atoms with Crippen molar-refractivity contribution in [2.75, 3.05) is 32.7 Å². The van der Waals surface area contributed by atoms with E-state index in [0.717, 1.165) is 57.9 Å². The molecule has 1 aromatic rings. The summed E-state index contributed by atoms with van der Waals surface area (Å²) in [5, 5.41) is 0. The summed E-state index contributed by atoms with van der Waals surface area (Å²) >= 11 is 0. The molecule has 2 saturated heterocycles. The molecule has 0 aromatic heterocycles. The average molecular weight is 475 g/mol. The third kappa shape index (κ3) is 5.43. The summed E-state index contributed by atoms with van der Waals surface area (Å²) in [4.78, 5) is 23.2. The minimum Gasteiger partial charge on any atom is -0.341 e. The monoisotopic (exact) mass is 474 g/mol. The number of carbonyl (C=O) groups is 1. The van der Waals surface area contributed by atoms with E-state index in [2.05, 4.69) is 16.5 Å². The third-order valence-corrected chi connectivity index (χ3v) is 8.99. The first-order valence-corrected chi connectivity index (χ1v) is 14.0. The minimum atomic E-state index is -3.62. The van der Waals surface area contributed by atoms with Gasteiger partial charge in [-0.25, -0.2) is 8.42 Å². The maximum Gasteiger partial charge on any atom is 0.263 e. The molecule has 33 heavy (non-hydrogen) atoms. The van der Waals surface area contributed by atoms with Gasteiger partial charge in [0.1, 0.15) is 11.9 Å². The fraction of sp³-hybridized carbons (Fsp3) is 0.680. The minimum absolute atomic E-state index is 0.0197. The van der Waals surface area contributed by atoms with E-state index in [0.29, 0.717) is 17.3 Å². The van der Waals surface area contributed by atoms with Gasteiger partial charge in [-0.1, -0.05) is 39.3 Å². The van der Waals surface area contributed by atoms with Crippen LogP contribution >= 0.6 is 0 Å². The van der Waals surface area contributed by atoms with E-state index in [1.807, 2.05) is 18.7 Å². The zero-order chi connectivity index (χ0) is 23.6. The molecular formula is C25H38N4O3S.